The Bertz CT molecular complexity index is 443. The number of hydrogen-bond donors (Lipinski definition) is 0. The van der Waals surface area contributed by atoms with Gasteiger partial charge >= 0.3 is 0 Å². The SMILES string of the molecule is C=CC1=CCCN1c1ccc2c(c1)CC2. The molecule has 0 amide bonds. The lowest BCUT2D eigenvalue weighted by Gasteiger charge is -2.25. The van der Waals surface area contributed by atoms with Gasteiger partial charge in [-0.25, -0.2) is 0 Å². The Morgan fingerprint density at radius 1 is 1.20 bits per heavy atom. The van der Waals surface area contributed by atoms with Crippen LogP contribution in [0.15, 0.2) is 42.6 Å². The number of aryl methyl sites for hydroxylation is 2. The van der Waals surface area contributed by atoms with Crippen molar-refractivity contribution in [2.45, 2.75) is 19.3 Å². The highest BCUT2D eigenvalue weighted by Gasteiger charge is 2.18. The van der Waals surface area contributed by atoms with Gasteiger partial charge in [0, 0.05) is 17.9 Å². The van der Waals surface area contributed by atoms with E-state index in [0.717, 1.165) is 13.0 Å². The molecule has 0 saturated carbocycles. The smallest absolute Gasteiger partial charge is 0.0413 e. The van der Waals surface area contributed by atoms with Gasteiger partial charge in [0.05, 0.1) is 0 Å². The van der Waals surface area contributed by atoms with Gasteiger partial charge in [-0.2, -0.15) is 0 Å². The second-order valence-electron chi connectivity index (χ2n) is 4.23. The highest BCUT2D eigenvalue weighted by atomic mass is 15.1. The summed E-state index contributed by atoms with van der Waals surface area (Å²) in [5.41, 5.74) is 5.65. The number of fused-ring (bicyclic) bond motifs is 1. The van der Waals surface area contributed by atoms with Crippen LogP contribution in [0.3, 0.4) is 0 Å². The lowest BCUT2D eigenvalue weighted by atomic mass is 9.88. The molecule has 76 valence electrons. The molecular formula is C14H15N. The second-order valence-corrected chi connectivity index (χ2v) is 4.23. The Labute approximate surface area is 90.7 Å². The maximum absolute atomic E-state index is 3.86. The van der Waals surface area contributed by atoms with Crippen molar-refractivity contribution in [2.24, 2.45) is 0 Å². The molecule has 1 aliphatic carbocycles. The van der Waals surface area contributed by atoms with Crippen LogP contribution in [0.4, 0.5) is 5.69 Å². The molecule has 1 nitrogen and oxygen atoms in total. The molecule has 0 bridgehead atoms. The van der Waals surface area contributed by atoms with Crippen LogP contribution in [-0.2, 0) is 12.8 Å². The Balaban J connectivity index is 1.95. The van der Waals surface area contributed by atoms with Gasteiger partial charge in [0.15, 0.2) is 0 Å². The van der Waals surface area contributed by atoms with Gasteiger partial charge in [-0.3, -0.25) is 0 Å². The molecule has 0 atom stereocenters. The first-order valence-electron chi connectivity index (χ1n) is 5.60. The minimum atomic E-state index is 1.10. The zero-order valence-electron chi connectivity index (χ0n) is 8.87. The van der Waals surface area contributed by atoms with E-state index >= 15 is 0 Å². The van der Waals surface area contributed by atoms with Crippen LogP contribution in [0.5, 0.6) is 0 Å². The molecular weight excluding hydrogens is 182 g/mol. The molecule has 2 aliphatic rings. The Hall–Kier alpha value is -1.50. The summed E-state index contributed by atoms with van der Waals surface area (Å²) < 4.78 is 0. The highest BCUT2D eigenvalue weighted by Crippen LogP contribution is 2.31. The van der Waals surface area contributed by atoms with Crippen molar-refractivity contribution in [3.63, 3.8) is 0 Å². The number of benzene rings is 1. The minimum absolute atomic E-state index is 1.10. The van der Waals surface area contributed by atoms with Gasteiger partial charge in [0.1, 0.15) is 0 Å². The predicted molar refractivity (Wildman–Crippen MR) is 64.1 cm³/mol. The topological polar surface area (TPSA) is 3.24 Å². The molecule has 1 aliphatic heterocycles. The quantitative estimate of drug-likeness (QED) is 0.704. The number of allylic oxidation sites excluding steroid dienone is 1. The fraction of sp³-hybridized carbons (Fsp3) is 0.286. The third-order valence-electron chi connectivity index (χ3n) is 3.39. The maximum atomic E-state index is 3.86. The molecule has 0 radical (unpaired) electrons. The largest absolute Gasteiger partial charge is 0.341 e. The van der Waals surface area contributed by atoms with Crippen molar-refractivity contribution in [1.82, 2.24) is 0 Å². The first kappa shape index (κ1) is 8.78. The molecule has 1 aromatic carbocycles. The van der Waals surface area contributed by atoms with E-state index in [1.165, 1.54) is 35.4 Å². The van der Waals surface area contributed by atoms with Crippen LogP contribution in [-0.4, -0.2) is 6.54 Å². The molecule has 0 unspecified atom stereocenters. The average Bonchev–Trinajstić information content (AvgIpc) is 2.68. The van der Waals surface area contributed by atoms with Crippen LogP contribution in [0, 0.1) is 0 Å². The molecule has 15 heavy (non-hydrogen) atoms. The van der Waals surface area contributed by atoms with E-state index in [-0.39, 0.29) is 0 Å². The van der Waals surface area contributed by atoms with Crippen LogP contribution in [0.2, 0.25) is 0 Å². The van der Waals surface area contributed by atoms with E-state index in [9.17, 15) is 0 Å². The zero-order chi connectivity index (χ0) is 10.3. The second kappa shape index (κ2) is 3.27. The summed E-state index contributed by atoms with van der Waals surface area (Å²) in [4.78, 5) is 2.35. The summed E-state index contributed by atoms with van der Waals surface area (Å²) in [6.45, 7) is 4.96. The predicted octanol–water partition coefficient (Wildman–Crippen LogP) is 3.07. The van der Waals surface area contributed by atoms with Crippen LogP contribution >= 0.6 is 0 Å². The maximum Gasteiger partial charge on any atom is 0.0413 e. The molecule has 0 saturated heterocycles. The van der Waals surface area contributed by atoms with E-state index in [2.05, 4.69) is 35.8 Å². The van der Waals surface area contributed by atoms with Gasteiger partial charge in [-0.15, -0.1) is 0 Å². The third kappa shape index (κ3) is 1.30. The van der Waals surface area contributed by atoms with E-state index in [1.807, 2.05) is 6.08 Å². The fourth-order valence-corrected chi connectivity index (χ4v) is 2.40. The first-order chi connectivity index (χ1) is 7.38. The number of anilines is 1. The zero-order valence-corrected chi connectivity index (χ0v) is 8.87. The van der Waals surface area contributed by atoms with Crippen LogP contribution < -0.4 is 4.90 Å². The summed E-state index contributed by atoms with van der Waals surface area (Å²) in [6.07, 6.45) is 7.86. The van der Waals surface area contributed by atoms with Gasteiger partial charge < -0.3 is 4.90 Å². The van der Waals surface area contributed by atoms with Gasteiger partial charge in [0.25, 0.3) is 0 Å². The summed E-state index contributed by atoms with van der Waals surface area (Å²) >= 11 is 0. The molecule has 1 heteroatoms. The van der Waals surface area contributed by atoms with Gasteiger partial charge in [-0.1, -0.05) is 18.7 Å². The van der Waals surface area contributed by atoms with Gasteiger partial charge in [-0.05, 0) is 48.6 Å². The molecule has 3 rings (SSSR count). The molecule has 1 heterocycles. The van der Waals surface area contributed by atoms with E-state index in [4.69, 9.17) is 0 Å². The minimum Gasteiger partial charge on any atom is -0.341 e. The van der Waals surface area contributed by atoms with Crippen LogP contribution in [0.25, 0.3) is 0 Å². The van der Waals surface area contributed by atoms with Gasteiger partial charge in [0.2, 0.25) is 0 Å². The van der Waals surface area contributed by atoms with Crippen LogP contribution in [0.1, 0.15) is 17.5 Å². The summed E-state index contributed by atoms with van der Waals surface area (Å²) in [7, 11) is 0. The van der Waals surface area contributed by atoms with Crippen molar-refractivity contribution in [3.8, 4) is 0 Å². The normalized spacial score (nSPS) is 18.1. The lowest BCUT2D eigenvalue weighted by molar-refractivity contribution is 0.836. The summed E-state index contributed by atoms with van der Waals surface area (Å²) in [5, 5.41) is 0. The number of nitrogens with zero attached hydrogens (tertiary/aromatic N) is 1. The lowest BCUT2D eigenvalue weighted by Crippen LogP contribution is -2.19. The van der Waals surface area contributed by atoms with Crippen molar-refractivity contribution in [3.05, 3.63) is 53.8 Å². The van der Waals surface area contributed by atoms with Crippen molar-refractivity contribution in [2.75, 3.05) is 11.4 Å². The van der Waals surface area contributed by atoms with E-state index in [0.29, 0.717) is 0 Å². The average molecular weight is 197 g/mol. The standard InChI is InChI=1S/C14H15N/c1-2-13-4-3-9-15(13)14-8-7-11-5-6-12(11)10-14/h2,4,7-8,10H,1,3,5-6,9H2. The molecule has 0 spiro atoms. The van der Waals surface area contributed by atoms with Crippen molar-refractivity contribution < 1.29 is 0 Å². The molecule has 0 fully saturated rings. The molecule has 1 aromatic rings. The Morgan fingerprint density at radius 2 is 2.07 bits per heavy atom. The summed E-state index contributed by atoms with van der Waals surface area (Å²) in [6, 6.07) is 6.84. The monoisotopic (exact) mass is 197 g/mol. The number of rotatable bonds is 2. The van der Waals surface area contributed by atoms with Crippen molar-refractivity contribution >= 4 is 5.69 Å². The van der Waals surface area contributed by atoms with E-state index < -0.39 is 0 Å². The molecule has 0 aromatic heterocycles. The summed E-state index contributed by atoms with van der Waals surface area (Å²) in [5.74, 6) is 0. The highest BCUT2D eigenvalue weighted by molar-refractivity contribution is 5.60. The Kier molecular flexibility index (Phi) is 1.91. The Morgan fingerprint density at radius 3 is 2.73 bits per heavy atom. The molecule has 0 N–H and O–H groups in total. The third-order valence-corrected chi connectivity index (χ3v) is 3.39. The first-order valence-corrected chi connectivity index (χ1v) is 5.60. The fourth-order valence-electron chi connectivity index (χ4n) is 2.40. The number of hydrogen-bond acceptors (Lipinski definition) is 1. The van der Waals surface area contributed by atoms with E-state index in [1.54, 1.807) is 0 Å². The van der Waals surface area contributed by atoms with Crippen molar-refractivity contribution in [1.29, 1.82) is 0 Å².